The van der Waals surface area contributed by atoms with Crippen molar-refractivity contribution in [3.63, 3.8) is 0 Å². The fraction of sp³-hybridized carbons (Fsp3) is 0. The first-order chi connectivity index (χ1) is 28.3. The lowest BCUT2D eigenvalue weighted by Crippen LogP contribution is -2.00. The zero-order chi connectivity index (χ0) is 37.5. The topological polar surface area (TPSA) is 61.7 Å². The van der Waals surface area contributed by atoms with Crippen LogP contribution in [0.1, 0.15) is 0 Å². The van der Waals surface area contributed by atoms with E-state index in [-0.39, 0.29) is 0 Å². The Morgan fingerprint density at radius 2 is 0.842 bits per heavy atom. The quantitative estimate of drug-likeness (QED) is 0.177. The molecule has 0 aliphatic rings. The molecule has 8 aromatic carbocycles. The Kier molecular flexibility index (Phi) is 6.83. The van der Waals surface area contributed by atoms with Crippen LogP contribution in [0.25, 0.3) is 111 Å². The highest BCUT2D eigenvalue weighted by Crippen LogP contribution is 2.44. The first kappa shape index (κ1) is 31.5. The number of aromatic nitrogens is 5. The molecule has 0 saturated carbocycles. The van der Waals surface area contributed by atoms with E-state index in [0.29, 0.717) is 17.5 Å². The van der Waals surface area contributed by atoms with Crippen molar-refractivity contribution in [3.05, 3.63) is 188 Å². The standard InChI is InChI=1S/C51H31N5O/c1-4-14-32(15-5-1)49-52-50(33-16-6-2-7-17-33)54-51(53-49)34-24-26-36(27-25-34)56-44-30-40-37-20-10-12-22-42(37)55(35-18-8-3-9-19-35)43(40)31-41(44)38-28-29-46-47(48(38)56)39-21-11-13-23-45(39)57-46/h1-31H. The van der Waals surface area contributed by atoms with E-state index in [4.69, 9.17) is 19.4 Å². The zero-order valence-electron chi connectivity index (χ0n) is 30.5. The van der Waals surface area contributed by atoms with Crippen LogP contribution in [0.2, 0.25) is 0 Å². The maximum atomic E-state index is 6.48. The second-order valence-corrected chi connectivity index (χ2v) is 14.4. The normalized spacial score (nSPS) is 11.9. The predicted molar refractivity (Wildman–Crippen MR) is 232 cm³/mol. The third-order valence-corrected chi connectivity index (χ3v) is 11.2. The van der Waals surface area contributed by atoms with E-state index < -0.39 is 0 Å². The van der Waals surface area contributed by atoms with Crippen LogP contribution in [0.5, 0.6) is 0 Å². The summed E-state index contributed by atoms with van der Waals surface area (Å²) in [5, 5.41) is 6.94. The minimum atomic E-state index is 0.620. The molecule has 12 aromatic rings. The van der Waals surface area contributed by atoms with Gasteiger partial charge in [-0.25, -0.2) is 15.0 Å². The molecule has 6 nitrogen and oxygen atoms in total. The first-order valence-electron chi connectivity index (χ1n) is 19.1. The lowest BCUT2D eigenvalue weighted by atomic mass is 10.1. The number of nitrogens with zero attached hydrogens (tertiary/aromatic N) is 5. The molecule has 0 atom stereocenters. The van der Waals surface area contributed by atoms with Crippen LogP contribution in [-0.4, -0.2) is 24.1 Å². The van der Waals surface area contributed by atoms with Crippen molar-refractivity contribution in [2.24, 2.45) is 0 Å². The summed E-state index contributed by atoms with van der Waals surface area (Å²) < 4.78 is 11.3. The molecule has 12 rings (SSSR count). The lowest BCUT2D eigenvalue weighted by molar-refractivity contribution is 0.669. The monoisotopic (exact) mass is 729 g/mol. The van der Waals surface area contributed by atoms with Crippen LogP contribution >= 0.6 is 0 Å². The van der Waals surface area contributed by atoms with Gasteiger partial charge in [-0.15, -0.1) is 0 Å². The van der Waals surface area contributed by atoms with Crippen LogP contribution in [0.15, 0.2) is 192 Å². The first-order valence-corrected chi connectivity index (χ1v) is 19.1. The van der Waals surface area contributed by atoms with E-state index in [2.05, 4.69) is 124 Å². The van der Waals surface area contributed by atoms with Gasteiger partial charge in [-0.05, 0) is 72.8 Å². The Morgan fingerprint density at radius 3 is 1.51 bits per heavy atom. The maximum absolute atomic E-state index is 6.48. The van der Waals surface area contributed by atoms with Gasteiger partial charge in [0.2, 0.25) is 0 Å². The molecule has 6 heteroatoms. The average Bonchev–Trinajstić information content (AvgIpc) is 3.93. The van der Waals surface area contributed by atoms with E-state index in [1.807, 2.05) is 72.8 Å². The van der Waals surface area contributed by atoms with Crippen molar-refractivity contribution in [3.8, 4) is 45.5 Å². The summed E-state index contributed by atoms with van der Waals surface area (Å²) in [6.07, 6.45) is 0. The Bertz CT molecular complexity index is 3430. The Labute approximate surface area is 326 Å². The molecule has 0 aliphatic heterocycles. The van der Waals surface area contributed by atoms with Gasteiger partial charge in [-0.1, -0.05) is 115 Å². The molecule has 0 fully saturated rings. The van der Waals surface area contributed by atoms with Crippen LogP contribution in [0, 0.1) is 0 Å². The molecule has 4 aromatic heterocycles. The molecule has 57 heavy (non-hydrogen) atoms. The smallest absolute Gasteiger partial charge is 0.164 e. The number of hydrogen-bond donors (Lipinski definition) is 0. The second kappa shape index (κ2) is 12.3. The fourth-order valence-electron chi connectivity index (χ4n) is 8.59. The molecule has 266 valence electrons. The number of fused-ring (bicyclic) bond motifs is 10. The fourth-order valence-corrected chi connectivity index (χ4v) is 8.59. The molecule has 0 N–H and O–H groups in total. The summed E-state index contributed by atoms with van der Waals surface area (Å²) in [7, 11) is 0. The number of para-hydroxylation sites is 3. The molecule has 0 unspecified atom stereocenters. The molecule has 0 bridgehead atoms. The van der Waals surface area contributed by atoms with Crippen molar-refractivity contribution in [1.82, 2.24) is 24.1 Å². The molecule has 4 heterocycles. The van der Waals surface area contributed by atoms with Crippen LogP contribution in [-0.2, 0) is 0 Å². The maximum Gasteiger partial charge on any atom is 0.164 e. The van der Waals surface area contributed by atoms with Crippen molar-refractivity contribution in [2.75, 3.05) is 0 Å². The van der Waals surface area contributed by atoms with Crippen molar-refractivity contribution < 1.29 is 4.42 Å². The van der Waals surface area contributed by atoms with Crippen molar-refractivity contribution in [1.29, 1.82) is 0 Å². The SMILES string of the molecule is c1ccc(-c2nc(-c3ccccc3)nc(-c3ccc(-n4c5cc6c7ccccc7n(-c7ccccc7)c6cc5c5ccc6oc7ccccc7c6c54)cc3)n2)cc1. The van der Waals surface area contributed by atoms with E-state index in [0.717, 1.165) is 66.4 Å². The Morgan fingerprint density at radius 1 is 0.333 bits per heavy atom. The van der Waals surface area contributed by atoms with Crippen molar-refractivity contribution in [2.45, 2.75) is 0 Å². The van der Waals surface area contributed by atoms with Crippen LogP contribution in [0.3, 0.4) is 0 Å². The highest BCUT2D eigenvalue weighted by atomic mass is 16.3. The summed E-state index contributed by atoms with van der Waals surface area (Å²) in [5.74, 6) is 1.90. The van der Waals surface area contributed by atoms with E-state index in [9.17, 15) is 0 Å². The number of benzene rings is 8. The number of rotatable bonds is 5. The molecule has 0 spiro atoms. The molecule has 0 amide bonds. The summed E-state index contributed by atoms with van der Waals surface area (Å²) in [6, 6.07) is 65.5. The van der Waals surface area contributed by atoms with E-state index >= 15 is 0 Å². The number of hydrogen-bond acceptors (Lipinski definition) is 4. The van der Waals surface area contributed by atoms with Gasteiger partial charge in [0.1, 0.15) is 11.2 Å². The molecule has 0 radical (unpaired) electrons. The van der Waals surface area contributed by atoms with Crippen LogP contribution < -0.4 is 0 Å². The van der Waals surface area contributed by atoms with Gasteiger partial charge in [0, 0.05) is 55.0 Å². The van der Waals surface area contributed by atoms with Gasteiger partial charge >= 0.3 is 0 Å². The predicted octanol–water partition coefficient (Wildman–Crippen LogP) is 13.0. The molecule has 0 aliphatic carbocycles. The minimum absolute atomic E-state index is 0.620. The van der Waals surface area contributed by atoms with Gasteiger partial charge < -0.3 is 13.6 Å². The van der Waals surface area contributed by atoms with Crippen molar-refractivity contribution >= 4 is 65.6 Å². The Balaban J connectivity index is 1.12. The largest absolute Gasteiger partial charge is 0.456 e. The number of furan rings is 1. The van der Waals surface area contributed by atoms with Gasteiger partial charge in [0.05, 0.1) is 27.5 Å². The lowest BCUT2D eigenvalue weighted by Gasteiger charge is -2.11. The van der Waals surface area contributed by atoms with Gasteiger partial charge in [0.25, 0.3) is 0 Å². The van der Waals surface area contributed by atoms with Gasteiger partial charge in [-0.2, -0.15) is 0 Å². The highest BCUT2D eigenvalue weighted by molar-refractivity contribution is 6.26. The minimum Gasteiger partial charge on any atom is -0.456 e. The van der Waals surface area contributed by atoms with Crippen LogP contribution in [0.4, 0.5) is 0 Å². The second-order valence-electron chi connectivity index (χ2n) is 14.4. The molecular formula is C51H31N5O. The molecule has 0 saturated heterocycles. The van der Waals surface area contributed by atoms with Gasteiger partial charge in [-0.3, -0.25) is 0 Å². The highest BCUT2D eigenvalue weighted by Gasteiger charge is 2.22. The zero-order valence-corrected chi connectivity index (χ0v) is 30.5. The van der Waals surface area contributed by atoms with Gasteiger partial charge in [0.15, 0.2) is 17.5 Å². The van der Waals surface area contributed by atoms with E-state index in [1.165, 1.54) is 27.2 Å². The summed E-state index contributed by atoms with van der Waals surface area (Å²) in [4.78, 5) is 14.9. The molecular weight excluding hydrogens is 699 g/mol. The third kappa shape index (κ3) is 4.87. The third-order valence-electron chi connectivity index (χ3n) is 11.2. The summed E-state index contributed by atoms with van der Waals surface area (Å²) in [6.45, 7) is 0. The van der Waals surface area contributed by atoms with E-state index in [1.54, 1.807) is 0 Å². The Hall–Kier alpha value is -7.83. The summed E-state index contributed by atoms with van der Waals surface area (Å²) in [5.41, 5.74) is 11.3. The average molecular weight is 730 g/mol. The summed E-state index contributed by atoms with van der Waals surface area (Å²) >= 11 is 0.